The van der Waals surface area contributed by atoms with Crippen LogP contribution in [-0.2, 0) is 6.54 Å². The summed E-state index contributed by atoms with van der Waals surface area (Å²) in [4.78, 5) is 1.29. The van der Waals surface area contributed by atoms with Gasteiger partial charge in [-0.25, -0.2) is 0 Å². The van der Waals surface area contributed by atoms with Crippen molar-refractivity contribution in [2.24, 2.45) is 0 Å². The molecule has 0 amide bonds. The first-order valence-corrected chi connectivity index (χ1v) is 3.94. The van der Waals surface area contributed by atoms with Gasteiger partial charge in [-0.2, -0.15) is 9.83 Å². The summed E-state index contributed by atoms with van der Waals surface area (Å²) in [5.41, 5.74) is 3.18. The summed E-state index contributed by atoms with van der Waals surface area (Å²) in [7, 11) is 0. The first-order chi connectivity index (χ1) is 4.75. The summed E-state index contributed by atoms with van der Waals surface area (Å²) in [6, 6.07) is 2.11. The van der Waals surface area contributed by atoms with Crippen LogP contribution in [0.4, 0.5) is 0 Å². The molecular formula is C7H9IN2S. The van der Waals surface area contributed by atoms with E-state index >= 15 is 0 Å². The molecule has 0 unspecified atom stereocenters. The summed E-state index contributed by atoms with van der Waals surface area (Å²) >= 11 is 1.68. The fourth-order valence-electron chi connectivity index (χ4n) is 0.741. The number of hydrogen-bond donors (Lipinski definition) is 0. The minimum Gasteiger partial charge on any atom is -1.00 e. The highest BCUT2D eigenvalue weighted by atomic mass is 127. The molecule has 0 N–H and O–H groups in total. The van der Waals surface area contributed by atoms with Gasteiger partial charge in [-0.15, -0.1) is 0 Å². The number of rotatable bonds is 1. The highest BCUT2D eigenvalue weighted by Crippen LogP contribution is 2.06. The maximum atomic E-state index is 8.39. The largest absolute Gasteiger partial charge is 1.00 e. The van der Waals surface area contributed by atoms with Gasteiger partial charge in [0.25, 0.3) is 0 Å². The van der Waals surface area contributed by atoms with Crippen LogP contribution in [0.15, 0.2) is 5.51 Å². The molecule has 0 saturated carbocycles. The second kappa shape index (κ2) is 4.67. The first kappa shape index (κ1) is 10.8. The molecule has 0 atom stereocenters. The van der Waals surface area contributed by atoms with Gasteiger partial charge in [-0.3, -0.25) is 0 Å². The molecule has 0 aliphatic rings. The lowest BCUT2D eigenvalue weighted by molar-refractivity contribution is -0.686. The molecule has 4 heteroatoms. The van der Waals surface area contributed by atoms with Gasteiger partial charge >= 0.3 is 0 Å². The Balaban J connectivity index is 0.000001000. The second-order valence-electron chi connectivity index (χ2n) is 2.15. The highest BCUT2D eigenvalue weighted by molar-refractivity contribution is 7.09. The van der Waals surface area contributed by atoms with E-state index in [9.17, 15) is 0 Å². The van der Waals surface area contributed by atoms with Crippen LogP contribution in [0, 0.1) is 25.2 Å². The van der Waals surface area contributed by atoms with Gasteiger partial charge in [0.2, 0.25) is 12.1 Å². The quantitative estimate of drug-likeness (QED) is 0.440. The van der Waals surface area contributed by atoms with E-state index in [-0.39, 0.29) is 24.0 Å². The number of aryl methyl sites for hydroxylation is 1. The van der Waals surface area contributed by atoms with Crippen molar-refractivity contribution >= 4 is 11.3 Å². The standard InChI is InChI=1S/C7H9N2S.HI/c1-6-7(2)10-5-9(6)4-3-8;/h5H,4H2,1-2H3;1H/q+1;/p-1. The predicted octanol–water partition coefficient (Wildman–Crippen LogP) is -1.82. The average Bonchev–Trinajstić information content (AvgIpc) is 2.20. The van der Waals surface area contributed by atoms with Crippen molar-refractivity contribution in [3.63, 3.8) is 0 Å². The van der Waals surface area contributed by atoms with Crippen LogP contribution in [0.5, 0.6) is 0 Å². The maximum absolute atomic E-state index is 8.39. The monoisotopic (exact) mass is 280 g/mol. The van der Waals surface area contributed by atoms with Gasteiger partial charge < -0.3 is 24.0 Å². The fraction of sp³-hybridized carbons (Fsp3) is 0.429. The fourth-order valence-corrected chi connectivity index (χ4v) is 1.55. The van der Waals surface area contributed by atoms with E-state index in [1.54, 1.807) is 11.3 Å². The topological polar surface area (TPSA) is 27.7 Å². The van der Waals surface area contributed by atoms with Crippen LogP contribution in [0.2, 0.25) is 0 Å². The Morgan fingerprint density at radius 3 is 2.64 bits per heavy atom. The van der Waals surface area contributed by atoms with E-state index in [0.29, 0.717) is 6.54 Å². The van der Waals surface area contributed by atoms with Gasteiger partial charge in [0.15, 0.2) is 5.69 Å². The van der Waals surface area contributed by atoms with Crippen LogP contribution in [-0.4, -0.2) is 0 Å². The van der Waals surface area contributed by atoms with E-state index in [1.165, 1.54) is 10.6 Å². The third-order valence-electron chi connectivity index (χ3n) is 1.54. The molecule has 0 spiro atoms. The van der Waals surface area contributed by atoms with Gasteiger partial charge in [0.05, 0.1) is 4.88 Å². The van der Waals surface area contributed by atoms with Gasteiger partial charge in [0, 0.05) is 6.92 Å². The number of aromatic nitrogens is 1. The summed E-state index contributed by atoms with van der Waals surface area (Å²) in [6.07, 6.45) is 0. The normalized spacial score (nSPS) is 8.45. The minimum absolute atomic E-state index is 0. The average molecular weight is 280 g/mol. The Labute approximate surface area is 87.5 Å². The Morgan fingerprint density at radius 1 is 1.64 bits per heavy atom. The Hall–Kier alpha value is -0.150. The minimum atomic E-state index is 0. The summed E-state index contributed by atoms with van der Waals surface area (Å²) in [6.45, 7) is 4.56. The number of thiazole rings is 1. The van der Waals surface area contributed by atoms with E-state index < -0.39 is 0 Å². The number of nitriles is 1. The van der Waals surface area contributed by atoms with Gasteiger partial charge in [0.1, 0.15) is 6.07 Å². The second-order valence-corrected chi connectivity index (χ2v) is 3.21. The molecule has 11 heavy (non-hydrogen) atoms. The third kappa shape index (κ3) is 2.42. The third-order valence-corrected chi connectivity index (χ3v) is 2.55. The maximum Gasteiger partial charge on any atom is 0.235 e. The van der Waals surface area contributed by atoms with Crippen LogP contribution < -0.4 is 28.5 Å². The van der Waals surface area contributed by atoms with E-state index in [0.717, 1.165) is 0 Å². The molecule has 0 aromatic carbocycles. The smallest absolute Gasteiger partial charge is 0.235 e. The molecule has 1 aromatic heterocycles. The lowest BCUT2D eigenvalue weighted by Crippen LogP contribution is -3.00. The van der Waals surface area contributed by atoms with E-state index in [4.69, 9.17) is 5.26 Å². The molecule has 0 aliphatic heterocycles. The zero-order valence-corrected chi connectivity index (χ0v) is 9.44. The molecule has 2 nitrogen and oxygen atoms in total. The molecule has 1 heterocycles. The Bertz CT molecular complexity index is 274. The van der Waals surface area contributed by atoms with E-state index in [1.807, 2.05) is 17.0 Å². The van der Waals surface area contributed by atoms with Crippen molar-refractivity contribution in [1.29, 1.82) is 5.26 Å². The molecule has 0 saturated heterocycles. The van der Waals surface area contributed by atoms with Crippen molar-refractivity contribution in [2.45, 2.75) is 20.4 Å². The number of nitrogens with zero attached hydrogens (tertiary/aromatic N) is 2. The lowest BCUT2D eigenvalue weighted by Gasteiger charge is -1.84. The predicted molar refractivity (Wildman–Crippen MR) is 39.6 cm³/mol. The van der Waals surface area contributed by atoms with Crippen LogP contribution in [0.25, 0.3) is 0 Å². The van der Waals surface area contributed by atoms with Crippen LogP contribution >= 0.6 is 11.3 Å². The van der Waals surface area contributed by atoms with Crippen molar-refractivity contribution < 1.29 is 28.5 Å². The molecule has 0 aliphatic carbocycles. The SMILES string of the molecule is Cc1sc[n+](CC#N)c1C.[I-]. The lowest BCUT2D eigenvalue weighted by atomic mass is 10.4. The van der Waals surface area contributed by atoms with Crippen molar-refractivity contribution in [2.75, 3.05) is 0 Å². The molecule has 0 radical (unpaired) electrons. The molecular weight excluding hydrogens is 271 g/mol. The van der Waals surface area contributed by atoms with Crippen molar-refractivity contribution in [1.82, 2.24) is 0 Å². The molecule has 60 valence electrons. The molecule has 0 bridgehead atoms. The Kier molecular flexibility index (Phi) is 4.61. The molecule has 0 fully saturated rings. The summed E-state index contributed by atoms with van der Waals surface area (Å²) < 4.78 is 1.96. The first-order valence-electron chi connectivity index (χ1n) is 3.07. The molecule has 1 rings (SSSR count). The van der Waals surface area contributed by atoms with E-state index in [2.05, 4.69) is 13.0 Å². The zero-order chi connectivity index (χ0) is 7.56. The van der Waals surface area contributed by atoms with Gasteiger partial charge in [-0.1, -0.05) is 11.3 Å². The molecule has 1 aromatic rings. The summed E-state index contributed by atoms with van der Waals surface area (Å²) in [5, 5.41) is 8.39. The Morgan fingerprint density at radius 2 is 2.27 bits per heavy atom. The summed E-state index contributed by atoms with van der Waals surface area (Å²) in [5.74, 6) is 0. The van der Waals surface area contributed by atoms with Crippen LogP contribution in [0.3, 0.4) is 0 Å². The number of halogens is 1. The van der Waals surface area contributed by atoms with Crippen molar-refractivity contribution in [3.8, 4) is 6.07 Å². The van der Waals surface area contributed by atoms with Gasteiger partial charge in [-0.05, 0) is 6.92 Å². The van der Waals surface area contributed by atoms with Crippen molar-refractivity contribution in [3.05, 3.63) is 16.1 Å². The zero-order valence-electron chi connectivity index (χ0n) is 6.47. The highest BCUT2D eigenvalue weighted by Gasteiger charge is 2.09. The number of hydrogen-bond acceptors (Lipinski definition) is 2. The van der Waals surface area contributed by atoms with Crippen LogP contribution in [0.1, 0.15) is 10.6 Å².